The molecule has 146 valence electrons. The van der Waals surface area contributed by atoms with Crippen molar-refractivity contribution in [2.45, 2.75) is 26.4 Å². The van der Waals surface area contributed by atoms with Crippen molar-refractivity contribution in [1.29, 1.82) is 0 Å². The fourth-order valence-corrected chi connectivity index (χ4v) is 3.83. The van der Waals surface area contributed by atoms with Gasteiger partial charge >= 0.3 is 0 Å². The van der Waals surface area contributed by atoms with Crippen molar-refractivity contribution in [2.24, 2.45) is 5.92 Å². The van der Waals surface area contributed by atoms with E-state index in [0.717, 1.165) is 49.3 Å². The van der Waals surface area contributed by atoms with E-state index < -0.39 is 0 Å². The first-order valence-electron chi connectivity index (χ1n) is 9.84. The highest BCUT2D eigenvalue weighted by Gasteiger charge is 2.17. The predicted octanol–water partition coefficient (Wildman–Crippen LogP) is 4.59. The lowest BCUT2D eigenvalue weighted by atomic mass is 10.0. The Hall–Kier alpha value is -1.72. The maximum absolute atomic E-state index is 9.77. The largest absolute Gasteiger partial charge is 0.393 e. The third-order valence-electron chi connectivity index (χ3n) is 5.48. The first-order chi connectivity index (χ1) is 13.1. The molecule has 2 aromatic carbocycles. The normalized spacial score (nSPS) is 16.9. The third kappa shape index (κ3) is 5.39. The van der Waals surface area contributed by atoms with Crippen LogP contribution >= 0.6 is 15.9 Å². The summed E-state index contributed by atoms with van der Waals surface area (Å²) in [5.41, 5.74) is 3.69. The highest BCUT2D eigenvalue weighted by molar-refractivity contribution is 9.10. The number of aliphatic hydroxyl groups excluding tert-OH is 1. The number of anilines is 3. The first-order valence-corrected chi connectivity index (χ1v) is 10.6. The zero-order chi connectivity index (χ0) is 19.2. The highest BCUT2D eigenvalue weighted by atomic mass is 79.9. The Kier molecular flexibility index (Phi) is 7.02. The summed E-state index contributed by atoms with van der Waals surface area (Å²) in [6.07, 6.45) is 0.703. The van der Waals surface area contributed by atoms with Crippen molar-refractivity contribution in [3.8, 4) is 0 Å². The number of hydrogen-bond donors (Lipinski definition) is 2. The molecule has 2 N–H and O–H groups in total. The highest BCUT2D eigenvalue weighted by Crippen LogP contribution is 2.23. The molecule has 2 aromatic rings. The Morgan fingerprint density at radius 1 is 0.926 bits per heavy atom. The van der Waals surface area contributed by atoms with Crippen LogP contribution in [0.4, 0.5) is 17.1 Å². The summed E-state index contributed by atoms with van der Waals surface area (Å²) in [5, 5.41) is 13.2. The van der Waals surface area contributed by atoms with E-state index >= 15 is 0 Å². The third-order valence-corrected chi connectivity index (χ3v) is 6.01. The van der Waals surface area contributed by atoms with Crippen LogP contribution in [0.5, 0.6) is 0 Å². The fourth-order valence-electron chi connectivity index (χ4n) is 3.57. The average Bonchev–Trinajstić information content (AvgIpc) is 2.69. The number of benzene rings is 2. The molecule has 1 aliphatic rings. The van der Waals surface area contributed by atoms with Gasteiger partial charge in [-0.15, -0.1) is 0 Å². The van der Waals surface area contributed by atoms with Gasteiger partial charge in [0.05, 0.1) is 6.10 Å². The molecule has 2 atom stereocenters. The second kappa shape index (κ2) is 9.47. The zero-order valence-electron chi connectivity index (χ0n) is 16.2. The molecule has 4 nitrogen and oxygen atoms in total. The Balaban J connectivity index is 1.52. The van der Waals surface area contributed by atoms with Gasteiger partial charge in [0, 0.05) is 60.2 Å². The minimum absolute atomic E-state index is 0.274. The first kappa shape index (κ1) is 20.0. The Bertz CT molecular complexity index is 695. The standard InChI is InChI=1S/C22H30BrN3O/c1-3-18(17(2)27)16-24-20-6-10-22(11-7-20)26-14-12-25(13-15-26)21-8-4-19(23)5-9-21/h4-11,17-18,24,27H,3,12-16H2,1-2H3. The Morgan fingerprint density at radius 3 is 1.85 bits per heavy atom. The van der Waals surface area contributed by atoms with E-state index in [9.17, 15) is 5.11 Å². The van der Waals surface area contributed by atoms with E-state index in [4.69, 9.17) is 0 Å². The summed E-state index contributed by atoms with van der Waals surface area (Å²) in [4.78, 5) is 4.89. The molecule has 5 heteroatoms. The molecule has 0 spiro atoms. The molecule has 0 saturated carbocycles. The summed E-state index contributed by atoms with van der Waals surface area (Å²) in [6.45, 7) is 8.93. The molecule has 0 aliphatic carbocycles. The van der Waals surface area contributed by atoms with Gasteiger partial charge < -0.3 is 20.2 Å². The Labute approximate surface area is 171 Å². The molecular formula is C22H30BrN3O. The maximum atomic E-state index is 9.77. The number of nitrogens with zero attached hydrogens (tertiary/aromatic N) is 2. The summed E-state index contributed by atoms with van der Waals surface area (Å²) in [7, 11) is 0. The second-order valence-corrected chi connectivity index (χ2v) is 8.20. The van der Waals surface area contributed by atoms with Crippen molar-refractivity contribution < 1.29 is 5.11 Å². The monoisotopic (exact) mass is 431 g/mol. The van der Waals surface area contributed by atoms with E-state index in [0.29, 0.717) is 0 Å². The molecule has 0 amide bonds. The molecule has 0 bridgehead atoms. The summed E-state index contributed by atoms with van der Waals surface area (Å²) < 4.78 is 1.12. The van der Waals surface area contributed by atoms with Gasteiger partial charge in [-0.05, 0) is 61.9 Å². The molecule has 0 aromatic heterocycles. The number of rotatable bonds is 7. The van der Waals surface area contributed by atoms with Crippen LogP contribution in [0, 0.1) is 5.92 Å². The molecule has 1 heterocycles. The topological polar surface area (TPSA) is 38.7 Å². The van der Waals surface area contributed by atoms with Crippen molar-refractivity contribution >= 4 is 33.0 Å². The molecule has 1 aliphatic heterocycles. The van der Waals surface area contributed by atoms with Crippen molar-refractivity contribution in [3.05, 3.63) is 53.0 Å². The van der Waals surface area contributed by atoms with Gasteiger partial charge in [-0.25, -0.2) is 0 Å². The van der Waals surface area contributed by atoms with Gasteiger partial charge in [-0.1, -0.05) is 22.9 Å². The number of halogens is 1. The van der Waals surface area contributed by atoms with Crippen LogP contribution in [0.15, 0.2) is 53.0 Å². The number of nitrogens with one attached hydrogen (secondary N) is 1. The number of hydrogen-bond acceptors (Lipinski definition) is 4. The summed E-state index contributed by atoms with van der Waals surface area (Å²) in [5.74, 6) is 0.288. The van der Waals surface area contributed by atoms with E-state index in [1.54, 1.807) is 0 Å². The quantitative estimate of drug-likeness (QED) is 0.671. The molecule has 27 heavy (non-hydrogen) atoms. The van der Waals surface area contributed by atoms with Crippen LogP contribution in [-0.2, 0) is 0 Å². The predicted molar refractivity (Wildman–Crippen MR) is 119 cm³/mol. The fraction of sp³-hybridized carbons (Fsp3) is 0.455. The average molecular weight is 432 g/mol. The molecule has 3 rings (SSSR count). The van der Waals surface area contributed by atoms with Crippen LogP contribution in [0.1, 0.15) is 20.3 Å². The van der Waals surface area contributed by atoms with Crippen LogP contribution in [-0.4, -0.2) is 43.9 Å². The second-order valence-electron chi connectivity index (χ2n) is 7.29. The summed E-state index contributed by atoms with van der Waals surface area (Å²) in [6, 6.07) is 17.2. The Morgan fingerprint density at radius 2 is 1.41 bits per heavy atom. The van der Waals surface area contributed by atoms with E-state index in [2.05, 4.69) is 86.5 Å². The van der Waals surface area contributed by atoms with Gasteiger partial charge in [0.1, 0.15) is 0 Å². The van der Waals surface area contributed by atoms with Gasteiger partial charge in [-0.2, -0.15) is 0 Å². The smallest absolute Gasteiger partial charge is 0.0556 e. The van der Waals surface area contributed by atoms with Gasteiger partial charge in [-0.3, -0.25) is 0 Å². The number of piperazine rings is 1. The lowest BCUT2D eigenvalue weighted by molar-refractivity contribution is 0.129. The lowest BCUT2D eigenvalue weighted by Gasteiger charge is -2.37. The van der Waals surface area contributed by atoms with Crippen molar-refractivity contribution in [2.75, 3.05) is 47.8 Å². The van der Waals surface area contributed by atoms with Gasteiger partial charge in [0.15, 0.2) is 0 Å². The lowest BCUT2D eigenvalue weighted by Crippen LogP contribution is -2.46. The molecule has 1 fully saturated rings. The molecule has 1 saturated heterocycles. The summed E-state index contributed by atoms with van der Waals surface area (Å²) >= 11 is 3.50. The van der Waals surface area contributed by atoms with Crippen LogP contribution in [0.2, 0.25) is 0 Å². The minimum atomic E-state index is -0.274. The molecule has 0 radical (unpaired) electrons. The van der Waals surface area contributed by atoms with E-state index in [1.165, 1.54) is 11.4 Å². The van der Waals surface area contributed by atoms with Gasteiger partial charge in [0.25, 0.3) is 0 Å². The number of aliphatic hydroxyl groups is 1. The van der Waals surface area contributed by atoms with Crippen LogP contribution in [0.25, 0.3) is 0 Å². The van der Waals surface area contributed by atoms with Crippen molar-refractivity contribution in [1.82, 2.24) is 0 Å². The van der Waals surface area contributed by atoms with E-state index in [1.807, 2.05) is 6.92 Å². The van der Waals surface area contributed by atoms with Crippen LogP contribution < -0.4 is 15.1 Å². The molecule has 2 unspecified atom stereocenters. The zero-order valence-corrected chi connectivity index (χ0v) is 17.8. The maximum Gasteiger partial charge on any atom is 0.0556 e. The van der Waals surface area contributed by atoms with E-state index in [-0.39, 0.29) is 12.0 Å². The van der Waals surface area contributed by atoms with Gasteiger partial charge in [0.2, 0.25) is 0 Å². The SMILES string of the molecule is CCC(CNc1ccc(N2CCN(c3ccc(Br)cc3)CC2)cc1)C(C)O. The van der Waals surface area contributed by atoms with Crippen LogP contribution in [0.3, 0.4) is 0 Å². The van der Waals surface area contributed by atoms with Crippen molar-refractivity contribution in [3.63, 3.8) is 0 Å². The minimum Gasteiger partial charge on any atom is -0.393 e. The molecular weight excluding hydrogens is 402 g/mol.